The van der Waals surface area contributed by atoms with Gasteiger partial charge in [0, 0.05) is 6.54 Å². The average molecular weight is 184 g/mol. The normalized spacial score (nSPS) is 10.3. The van der Waals surface area contributed by atoms with E-state index in [0.717, 1.165) is 6.54 Å². The molecule has 0 atom stereocenters. The highest BCUT2D eigenvalue weighted by Gasteiger charge is 2.08. The van der Waals surface area contributed by atoms with Gasteiger partial charge in [-0.05, 0) is 19.1 Å². The van der Waals surface area contributed by atoms with Crippen molar-refractivity contribution in [2.24, 2.45) is 0 Å². The lowest BCUT2D eigenvalue weighted by molar-refractivity contribution is 0.293. The van der Waals surface area contributed by atoms with E-state index in [1.807, 2.05) is 11.9 Å². The molecule has 13 heavy (non-hydrogen) atoms. The minimum Gasteiger partial charge on any atom is -0.394 e. The molecule has 0 amide bonds. The summed E-state index contributed by atoms with van der Waals surface area (Å²) in [6, 6.07) is 3.49. The molecule has 0 spiro atoms. The zero-order chi connectivity index (χ0) is 9.84. The van der Waals surface area contributed by atoms with Crippen molar-refractivity contribution in [2.45, 2.75) is 6.92 Å². The zero-order valence-corrected chi connectivity index (χ0v) is 7.77. The molecule has 74 valence electrons. The van der Waals surface area contributed by atoms with Gasteiger partial charge >= 0.3 is 0 Å². The first kappa shape index (κ1) is 9.73. The summed E-state index contributed by atoms with van der Waals surface area (Å²) in [7, 11) is 0. The maximum absolute atomic E-state index is 8.81. The van der Waals surface area contributed by atoms with Crippen LogP contribution in [0.1, 0.15) is 6.92 Å². The van der Waals surface area contributed by atoms with Gasteiger partial charge in [0.05, 0.1) is 13.2 Å². The number of hydrogen-bond donors (Lipinski definition) is 3. The summed E-state index contributed by atoms with van der Waals surface area (Å²) in [5, 5.41) is 10.7. The molecular formula is C8H16N4O. The minimum atomic E-state index is 0.0882. The van der Waals surface area contributed by atoms with Crippen LogP contribution < -0.4 is 16.5 Å². The van der Waals surface area contributed by atoms with Crippen molar-refractivity contribution in [3.05, 3.63) is 12.1 Å². The van der Waals surface area contributed by atoms with Crippen LogP contribution in [0.15, 0.2) is 12.1 Å². The molecule has 0 fully saturated rings. The summed E-state index contributed by atoms with van der Waals surface area (Å²) in [5.41, 5.74) is 11.4. The Labute approximate surface area is 77.5 Å². The van der Waals surface area contributed by atoms with Crippen molar-refractivity contribution < 1.29 is 5.11 Å². The van der Waals surface area contributed by atoms with Crippen molar-refractivity contribution in [3.63, 3.8) is 0 Å². The second-order valence-corrected chi connectivity index (χ2v) is 2.76. The van der Waals surface area contributed by atoms with Crippen molar-refractivity contribution in [1.29, 1.82) is 0 Å². The van der Waals surface area contributed by atoms with E-state index in [2.05, 4.69) is 0 Å². The number of anilines is 2. The second kappa shape index (κ2) is 4.04. The smallest absolute Gasteiger partial charge is 0.124 e. The van der Waals surface area contributed by atoms with Gasteiger partial charge in [-0.25, -0.2) is 4.68 Å². The molecule has 0 aliphatic rings. The van der Waals surface area contributed by atoms with Gasteiger partial charge in [-0.1, -0.05) is 0 Å². The molecule has 0 aliphatic heterocycles. The van der Waals surface area contributed by atoms with E-state index in [9.17, 15) is 0 Å². The SMILES string of the molecule is CCN(CCO)n1c(N)ccc1N. The van der Waals surface area contributed by atoms with Crippen LogP contribution in [0, 0.1) is 0 Å². The third-order valence-corrected chi connectivity index (χ3v) is 1.92. The Hall–Kier alpha value is -1.36. The molecule has 5 nitrogen and oxygen atoms in total. The molecule has 0 saturated carbocycles. The van der Waals surface area contributed by atoms with Gasteiger partial charge in [-0.2, -0.15) is 0 Å². The van der Waals surface area contributed by atoms with Crippen LogP contribution >= 0.6 is 0 Å². The quantitative estimate of drug-likeness (QED) is 0.595. The Morgan fingerprint density at radius 1 is 1.38 bits per heavy atom. The van der Waals surface area contributed by atoms with Crippen LogP contribution in [-0.4, -0.2) is 29.5 Å². The van der Waals surface area contributed by atoms with E-state index >= 15 is 0 Å². The Kier molecular flexibility index (Phi) is 3.02. The van der Waals surface area contributed by atoms with Gasteiger partial charge in [-0.3, -0.25) is 0 Å². The highest BCUT2D eigenvalue weighted by molar-refractivity contribution is 5.46. The summed E-state index contributed by atoms with van der Waals surface area (Å²) in [6.45, 7) is 3.35. The summed E-state index contributed by atoms with van der Waals surface area (Å²) in [4.78, 5) is 0. The zero-order valence-electron chi connectivity index (χ0n) is 7.77. The van der Waals surface area contributed by atoms with Crippen molar-refractivity contribution in [2.75, 3.05) is 36.2 Å². The van der Waals surface area contributed by atoms with Crippen LogP contribution in [0.5, 0.6) is 0 Å². The molecule has 0 radical (unpaired) electrons. The number of rotatable bonds is 4. The summed E-state index contributed by atoms with van der Waals surface area (Å²) >= 11 is 0. The maximum Gasteiger partial charge on any atom is 0.124 e. The van der Waals surface area contributed by atoms with E-state index < -0.39 is 0 Å². The van der Waals surface area contributed by atoms with E-state index in [1.165, 1.54) is 0 Å². The van der Waals surface area contributed by atoms with Gasteiger partial charge in [0.15, 0.2) is 0 Å². The van der Waals surface area contributed by atoms with Gasteiger partial charge < -0.3 is 21.6 Å². The summed E-state index contributed by atoms with van der Waals surface area (Å²) < 4.78 is 1.70. The maximum atomic E-state index is 8.81. The second-order valence-electron chi connectivity index (χ2n) is 2.76. The number of aliphatic hydroxyl groups excluding tert-OH is 1. The summed E-state index contributed by atoms with van der Waals surface area (Å²) in [6.07, 6.45) is 0. The number of aromatic nitrogens is 1. The van der Waals surface area contributed by atoms with Gasteiger partial charge in [-0.15, -0.1) is 0 Å². The first-order chi connectivity index (χ1) is 6.20. The van der Waals surface area contributed by atoms with Gasteiger partial charge in [0.1, 0.15) is 11.6 Å². The molecule has 0 aliphatic carbocycles. The molecule has 5 N–H and O–H groups in total. The Bertz CT molecular complexity index is 252. The molecule has 0 aromatic carbocycles. The molecule has 0 unspecified atom stereocenters. The van der Waals surface area contributed by atoms with Crippen LogP contribution in [-0.2, 0) is 0 Å². The lowest BCUT2D eigenvalue weighted by Crippen LogP contribution is -2.38. The van der Waals surface area contributed by atoms with Crippen molar-refractivity contribution >= 4 is 11.6 Å². The number of aliphatic hydroxyl groups is 1. The number of likely N-dealkylation sites (N-methyl/N-ethyl adjacent to an activating group) is 1. The molecule has 0 bridgehead atoms. The third-order valence-electron chi connectivity index (χ3n) is 1.92. The van der Waals surface area contributed by atoms with E-state index in [4.69, 9.17) is 16.6 Å². The van der Waals surface area contributed by atoms with Crippen LogP contribution in [0.25, 0.3) is 0 Å². The minimum absolute atomic E-state index is 0.0882. The Balaban J connectivity index is 2.89. The van der Waals surface area contributed by atoms with Crippen LogP contribution in [0.3, 0.4) is 0 Å². The van der Waals surface area contributed by atoms with E-state index in [0.29, 0.717) is 18.2 Å². The lowest BCUT2D eigenvalue weighted by Gasteiger charge is -2.25. The Morgan fingerprint density at radius 2 is 1.92 bits per heavy atom. The summed E-state index contributed by atoms with van der Waals surface area (Å²) in [5.74, 6) is 1.18. The number of hydrogen-bond acceptors (Lipinski definition) is 4. The van der Waals surface area contributed by atoms with Gasteiger partial charge in [0.25, 0.3) is 0 Å². The molecule has 1 aromatic heterocycles. The number of nitrogens with zero attached hydrogens (tertiary/aromatic N) is 2. The lowest BCUT2D eigenvalue weighted by atomic mass is 10.6. The molecule has 1 heterocycles. The highest BCUT2D eigenvalue weighted by atomic mass is 16.3. The third kappa shape index (κ3) is 1.86. The molecule has 1 rings (SSSR count). The molecule has 1 aromatic rings. The first-order valence-electron chi connectivity index (χ1n) is 4.29. The number of nitrogen functional groups attached to an aromatic ring is 2. The largest absolute Gasteiger partial charge is 0.394 e. The van der Waals surface area contributed by atoms with Crippen LogP contribution in [0.2, 0.25) is 0 Å². The van der Waals surface area contributed by atoms with Crippen LogP contribution in [0.4, 0.5) is 11.6 Å². The fraction of sp³-hybridized carbons (Fsp3) is 0.500. The molecule has 5 heteroatoms. The standard InChI is InChI=1S/C8H16N4O/c1-2-11(5-6-13)12-7(9)3-4-8(12)10/h3-4,13H,2,5-6,9-10H2,1H3. The van der Waals surface area contributed by atoms with E-state index in [-0.39, 0.29) is 6.61 Å². The van der Waals surface area contributed by atoms with Gasteiger partial charge in [0.2, 0.25) is 0 Å². The topological polar surface area (TPSA) is 80.4 Å². The first-order valence-corrected chi connectivity index (χ1v) is 4.29. The predicted octanol–water partition coefficient (Wildman–Crippen LogP) is -0.397. The average Bonchev–Trinajstić information content (AvgIpc) is 2.43. The fourth-order valence-electron chi connectivity index (χ4n) is 1.30. The Morgan fingerprint density at radius 3 is 2.31 bits per heavy atom. The molecule has 0 saturated heterocycles. The highest BCUT2D eigenvalue weighted by Crippen LogP contribution is 2.13. The molecular weight excluding hydrogens is 168 g/mol. The van der Waals surface area contributed by atoms with Crippen molar-refractivity contribution in [3.8, 4) is 0 Å². The monoisotopic (exact) mass is 184 g/mol. The predicted molar refractivity (Wildman–Crippen MR) is 54.0 cm³/mol. The van der Waals surface area contributed by atoms with E-state index in [1.54, 1.807) is 16.8 Å². The van der Waals surface area contributed by atoms with Crippen molar-refractivity contribution in [1.82, 2.24) is 4.68 Å². The fourth-order valence-corrected chi connectivity index (χ4v) is 1.30. The number of nitrogens with two attached hydrogens (primary N) is 2.